The molecular weight excluding hydrogens is 977 g/mol. The van der Waals surface area contributed by atoms with Crippen molar-refractivity contribution < 1.29 is 9.53 Å². The highest BCUT2D eigenvalue weighted by molar-refractivity contribution is 5.94. The Kier molecular flexibility index (Phi) is 10.2. The van der Waals surface area contributed by atoms with E-state index in [9.17, 15) is 4.79 Å². The van der Waals surface area contributed by atoms with Crippen molar-refractivity contribution in [1.29, 1.82) is 0 Å². The highest BCUT2D eigenvalue weighted by atomic mass is 16.5. The van der Waals surface area contributed by atoms with Gasteiger partial charge in [0, 0.05) is 71.9 Å². The molecule has 4 aliphatic carbocycles. The van der Waals surface area contributed by atoms with E-state index in [1.165, 1.54) is 57.2 Å². The van der Waals surface area contributed by atoms with Crippen molar-refractivity contribution in [2.75, 3.05) is 7.11 Å². The number of esters is 1. The zero-order valence-corrected chi connectivity index (χ0v) is 44.8. The third kappa shape index (κ3) is 6.50. The van der Waals surface area contributed by atoms with Gasteiger partial charge >= 0.3 is 5.97 Å². The lowest BCUT2D eigenvalue weighted by Gasteiger charge is -2.50. The minimum Gasteiger partial charge on any atom is -0.469 e. The van der Waals surface area contributed by atoms with Gasteiger partial charge in [-0.15, -0.1) is 0 Å². The number of ether oxygens (including phenoxy) is 1. The number of para-hydroxylation sites is 4. The SMILES string of the molecule is CCCC1(CC2(CC3(CC4(CCC(=O)OC)c5ccccc5-c5nc6ccccc6cc54)c4ccccc4-c4nc5ccccc5cc43)c3ccccc3-c3nc4ccccc4cc32)c2ccccc2-c2nc3ccccc3cc21. The monoisotopic (exact) mass is 1030 g/mol. The van der Waals surface area contributed by atoms with Crippen molar-refractivity contribution in [2.24, 2.45) is 0 Å². The molecule has 0 saturated carbocycles. The minimum absolute atomic E-state index is 0.221. The first kappa shape index (κ1) is 46.9. The summed E-state index contributed by atoms with van der Waals surface area (Å²) >= 11 is 0. The van der Waals surface area contributed by atoms with Crippen LogP contribution in [-0.2, 0) is 31.2 Å². The second kappa shape index (κ2) is 17.4. The molecule has 6 heteroatoms. The molecule has 0 spiro atoms. The van der Waals surface area contributed by atoms with Crippen LogP contribution in [0.1, 0.15) is 96.4 Å². The lowest BCUT2D eigenvalue weighted by atomic mass is 9.52. The van der Waals surface area contributed by atoms with Gasteiger partial charge in [0.05, 0.1) is 52.0 Å². The van der Waals surface area contributed by atoms with Crippen molar-refractivity contribution in [3.8, 4) is 45.0 Å². The lowest BCUT2D eigenvalue weighted by Crippen LogP contribution is -2.46. The zero-order chi connectivity index (χ0) is 53.4. The molecule has 0 radical (unpaired) electrons. The summed E-state index contributed by atoms with van der Waals surface area (Å²) < 4.78 is 5.61. The van der Waals surface area contributed by atoms with Crippen LogP contribution in [0.3, 0.4) is 0 Å². The molecule has 0 N–H and O–H groups in total. The van der Waals surface area contributed by atoms with Crippen LogP contribution in [0.25, 0.3) is 88.6 Å². The highest BCUT2D eigenvalue weighted by Gasteiger charge is 2.61. The summed E-state index contributed by atoms with van der Waals surface area (Å²) in [6.45, 7) is 2.36. The molecule has 80 heavy (non-hydrogen) atoms. The number of methoxy groups -OCH3 is 1. The van der Waals surface area contributed by atoms with Crippen LogP contribution >= 0.6 is 0 Å². The summed E-state index contributed by atoms with van der Waals surface area (Å²) in [6, 6.07) is 80.7. The van der Waals surface area contributed by atoms with Crippen molar-refractivity contribution in [1.82, 2.24) is 19.9 Å². The van der Waals surface area contributed by atoms with Crippen molar-refractivity contribution >= 4 is 49.6 Å². The minimum atomic E-state index is -0.768. The molecule has 0 aliphatic heterocycles. The number of nitrogens with zero attached hydrogens (tertiary/aromatic N) is 4. The van der Waals surface area contributed by atoms with E-state index in [-0.39, 0.29) is 12.4 Å². The van der Waals surface area contributed by atoms with E-state index in [1.807, 2.05) is 0 Å². The second-order valence-electron chi connectivity index (χ2n) is 23.2. The molecular formula is C74H56N4O2. The van der Waals surface area contributed by atoms with Crippen molar-refractivity contribution in [2.45, 2.75) is 73.5 Å². The maximum Gasteiger partial charge on any atom is 0.305 e. The average Bonchev–Trinajstić information content (AvgIpc) is 4.22. The van der Waals surface area contributed by atoms with Crippen LogP contribution in [0.15, 0.2) is 218 Å². The summed E-state index contributed by atoms with van der Waals surface area (Å²) in [7, 11) is 1.52. The van der Waals surface area contributed by atoms with Crippen LogP contribution in [0.4, 0.5) is 0 Å². The van der Waals surface area contributed by atoms with Gasteiger partial charge in [-0.05, 0) is 125 Å². The molecule has 0 saturated heterocycles. The summed E-state index contributed by atoms with van der Waals surface area (Å²) in [5.74, 6) is -0.229. The number of carbonyl (C=O) groups excluding carboxylic acids is 1. The normalized spacial score (nSPS) is 20.5. The summed E-state index contributed by atoms with van der Waals surface area (Å²) in [5.41, 5.74) is 19.9. The topological polar surface area (TPSA) is 77.9 Å². The fraction of sp³-hybridized carbons (Fsp3) is 0.176. The Labute approximate surface area is 465 Å². The summed E-state index contributed by atoms with van der Waals surface area (Å²) in [5, 5.41) is 4.44. The quantitative estimate of drug-likeness (QED) is 0.120. The number of hydrogen-bond acceptors (Lipinski definition) is 6. The maximum absolute atomic E-state index is 14.0. The molecule has 4 unspecified atom stereocenters. The van der Waals surface area contributed by atoms with Crippen molar-refractivity contribution in [3.63, 3.8) is 0 Å². The largest absolute Gasteiger partial charge is 0.469 e. The first-order valence-electron chi connectivity index (χ1n) is 28.4. The Balaban J connectivity index is 1.05. The number of carbonyl (C=O) groups is 1. The first-order valence-corrected chi connectivity index (χ1v) is 28.4. The van der Waals surface area contributed by atoms with E-state index >= 15 is 0 Å². The predicted molar refractivity (Wildman–Crippen MR) is 322 cm³/mol. The second-order valence-corrected chi connectivity index (χ2v) is 23.2. The first-order chi connectivity index (χ1) is 39.3. The standard InChI is InChI=1S/C74H56N4O2/c1-3-37-71(54-28-12-8-24-50(54)67-58(71)39-46-20-4-16-32-62(46)75-67)43-73(56-30-14-10-26-52(56)69-60(73)41-48-22-6-18-34-64(48)77-69)45-74(57-31-15-11-27-53(57)70-61(74)42-49-23-7-19-35-65(49)78-70)44-72(38-36-66(79)80-2)55-29-13-9-25-51(55)68-59(72)40-47-21-5-17-33-63(47)76-68/h4-35,39-42H,3,36-38,43-45H2,1-2H3. The zero-order valence-electron chi connectivity index (χ0n) is 44.8. The highest BCUT2D eigenvalue weighted by Crippen LogP contribution is 2.69. The molecule has 4 heterocycles. The third-order valence-corrected chi connectivity index (χ3v) is 19.2. The molecule has 8 aromatic carbocycles. The molecule has 0 fully saturated rings. The van der Waals surface area contributed by atoms with Gasteiger partial charge in [0.15, 0.2) is 0 Å². The Morgan fingerprint density at radius 1 is 0.350 bits per heavy atom. The molecule has 4 aliphatic rings. The van der Waals surface area contributed by atoms with Gasteiger partial charge in [0.25, 0.3) is 0 Å². The van der Waals surface area contributed by atoms with Gasteiger partial charge in [0.2, 0.25) is 0 Å². The molecule has 12 aromatic rings. The van der Waals surface area contributed by atoms with Crippen LogP contribution in [0, 0.1) is 0 Å². The van der Waals surface area contributed by atoms with Crippen LogP contribution in [0.2, 0.25) is 0 Å². The van der Waals surface area contributed by atoms with Crippen LogP contribution < -0.4 is 0 Å². The maximum atomic E-state index is 14.0. The average molecular weight is 1030 g/mol. The summed E-state index contributed by atoms with van der Waals surface area (Å²) in [6.07, 6.45) is 4.62. The fourth-order valence-corrected chi connectivity index (χ4v) is 16.1. The predicted octanol–water partition coefficient (Wildman–Crippen LogP) is 17.0. The van der Waals surface area contributed by atoms with Crippen molar-refractivity contribution in [3.05, 3.63) is 263 Å². The van der Waals surface area contributed by atoms with Crippen LogP contribution in [-0.4, -0.2) is 33.0 Å². The molecule has 0 amide bonds. The Morgan fingerprint density at radius 3 is 0.963 bits per heavy atom. The molecule has 6 nitrogen and oxygen atoms in total. The molecule has 384 valence electrons. The Hall–Kier alpha value is -9.13. The van der Waals surface area contributed by atoms with Gasteiger partial charge < -0.3 is 4.74 Å². The lowest BCUT2D eigenvalue weighted by molar-refractivity contribution is -0.141. The number of pyridine rings is 4. The molecule has 0 bridgehead atoms. The molecule has 4 aromatic heterocycles. The summed E-state index contributed by atoms with van der Waals surface area (Å²) in [4.78, 5) is 36.8. The Bertz CT molecular complexity index is 4600. The van der Waals surface area contributed by atoms with E-state index < -0.39 is 21.7 Å². The van der Waals surface area contributed by atoms with E-state index in [4.69, 9.17) is 24.7 Å². The van der Waals surface area contributed by atoms with Gasteiger partial charge in [-0.1, -0.05) is 183 Å². The fourth-order valence-electron chi connectivity index (χ4n) is 16.1. The van der Waals surface area contributed by atoms with E-state index in [1.54, 1.807) is 0 Å². The molecule has 4 atom stereocenters. The number of rotatable bonds is 11. The van der Waals surface area contributed by atoms with Gasteiger partial charge in [-0.25, -0.2) is 19.9 Å². The smallest absolute Gasteiger partial charge is 0.305 e. The number of aromatic nitrogens is 4. The van der Waals surface area contributed by atoms with Gasteiger partial charge in [-0.3, -0.25) is 4.79 Å². The number of hydrogen-bond donors (Lipinski definition) is 0. The van der Waals surface area contributed by atoms with Gasteiger partial charge in [-0.2, -0.15) is 0 Å². The number of benzene rings is 8. The number of fused-ring (bicyclic) bond motifs is 16. The van der Waals surface area contributed by atoms with E-state index in [0.717, 1.165) is 102 Å². The third-order valence-electron chi connectivity index (χ3n) is 19.2. The van der Waals surface area contributed by atoms with E-state index in [2.05, 4.69) is 225 Å². The van der Waals surface area contributed by atoms with Gasteiger partial charge in [0.1, 0.15) is 0 Å². The van der Waals surface area contributed by atoms with Crippen LogP contribution in [0.5, 0.6) is 0 Å². The Morgan fingerprint density at radius 2 is 0.625 bits per heavy atom. The van der Waals surface area contributed by atoms with E-state index in [0.29, 0.717) is 19.3 Å². The molecule has 16 rings (SSSR count).